The second-order valence-electron chi connectivity index (χ2n) is 4.12. The number of ether oxygens (including phenoxy) is 1. The van der Waals surface area contributed by atoms with Crippen LogP contribution < -0.4 is 5.73 Å². The molecule has 0 bridgehead atoms. The smallest absolute Gasteiger partial charge is 0.0876 e. The summed E-state index contributed by atoms with van der Waals surface area (Å²) in [5.41, 5.74) is 9.79. The fraction of sp³-hybridized carbons (Fsp3) is 0.385. The van der Waals surface area contributed by atoms with Gasteiger partial charge in [-0.25, -0.2) is 0 Å². The summed E-state index contributed by atoms with van der Waals surface area (Å²) in [4.78, 5) is 0. The molecule has 0 fully saturated rings. The molecule has 1 aliphatic rings. The Hall–Kier alpha value is -0.800. The second-order valence-corrected chi connectivity index (χ2v) is 4.92. The molecular formula is C13H16BrNO. The first kappa shape index (κ1) is 11.7. The minimum absolute atomic E-state index is 0.0606. The maximum Gasteiger partial charge on any atom is 0.0876 e. The SMILES string of the molecule is Cc1cccc(C(N)C2=COCCC2)c1Br. The molecule has 1 unspecified atom stereocenters. The monoisotopic (exact) mass is 281 g/mol. The lowest BCUT2D eigenvalue weighted by Crippen LogP contribution is -2.17. The average molecular weight is 282 g/mol. The molecule has 1 heterocycles. The first-order valence-electron chi connectivity index (χ1n) is 5.51. The Morgan fingerprint density at radius 2 is 2.25 bits per heavy atom. The Bertz CT molecular complexity index is 414. The van der Waals surface area contributed by atoms with E-state index in [1.165, 1.54) is 11.1 Å². The summed E-state index contributed by atoms with van der Waals surface area (Å²) in [5, 5.41) is 0. The fourth-order valence-electron chi connectivity index (χ4n) is 1.92. The highest BCUT2D eigenvalue weighted by Gasteiger charge is 2.17. The first-order valence-corrected chi connectivity index (χ1v) is 6.30. The number of halogens is 1. The van der Waals surface area contributed by atoms with Gasteiger partial charge in [-0.1, -0.05) is 34.1 Å². The largest absolute Gasteiger partial charge is 0.501 e. The van der Waals surface area contributed by atoms with Crippen molar-refractivity contribution in [1.29, 1.82) is 0 Å². The van der Waals surface area contributed by atoms with Gasteiger partial charge in [-0.2, -0.15) is 0 Å². The van der Waals surface area contributed by atoms with Crippen molar-refractivity contribution in [2.75, 3.05) is 6.61 Å². The summed E-state index contributed by atoms with van der Waals surface area (Å²) in [6.07, 6.45) is 3.91. The molecule has 0 saturated heterocycles. The zero-order valence-corrected chi connectivity index (χ0v) is 11.0. The van der Waals surface area contributed by atoms with E-state index in [1.807, 2.05) is 12.3 Å². The normalized spacial score (nSPS) is 17.6. The van der Waals surface area contributed by atoms with E-state index in [4.69, 9.17) is 10.5 Å². The molecule has 0 amide bonds. The van der Waals surface area contributed by atoms with E-state index in [0.29, 0.717) is 0 Å². The quantitative estimate of drug-likeness (QED) is 0.901. The highest BCUT2D eigenvalue weighted by Crippen LogP contribution is 2.31. The standard InChI is InChI=1S/C13H16BrNO/c1-9-4-2-6-11(12(9)14)13(15)10-5-3-7-16-8-10/h2,4,6,8,13H,3,5,7,15H2,1H3. The number of hydrogen-bond donors (Lipinski definition) is 1. The third-order valence-corrected chi connectivity index (χ3v) is 4.00. The predicted molar refractivity (Wildman–Crippen MR) is 69.1 cm³/mol. The molecular weight excluding hydrogens is 266 g/mol. The van der Waals surface area contributed by atoms with Gasteiger partial charge < -0.3 is 10.5 Å². The summed E-state index contributed by atoms with van der Waals surface area (Å²) >= 11 is 3.60. The molecule has 0 aliphatic carbocycles. The molecule has 1 atom stereocenters. The fourth-order valence-corrected chi connectivity index (χ4v) is 2.43. The zero-order chi connectivity index (χ0) is 11.5. The van der Waals surface area contributed by atoms with Crippen molar-refractivity contribution in [3.63, 3.8) is 0 Å². The van der Waals surface area contributed by atoms with Crippen molar-refractivity contribution in [2.24, 2.45) is 5.73 Å². The van der Waals surface area contributed by atoms with Gasteiger partial charge in [0, 0.05) is 4.47 Å². The summed E-state index contributed by atoms with van der Waals surface area (Å²) < 4.78 is 6.44. The van der Waals surface area contributed by atoms with Gasteiger partial charge in [-0.15, -0.1) is 0 Å². The summed E-state index contributed by atoms with van der Waals surface area (Å²) in [5.74, 6) is 0. The number of rotatable bonds is 2. The van der Waals surface area contributed by atoms with Gasteiger partial charge in [-0.3, -0.25) is 0 Å². The first-order chi connectivity index (χ1) is 7.70. The lowest BCUT2D eigenvalue weighted by atomic mass is 9.95. The van der Waals surface area contributed by atoms with Crippen LogP contribution in [0.25, 0.3) is 0 Å². The van der Waals surface area contributed by atoms with E-state index in [2.05, 4.69) is 35.0 Å². The minimum atomic E-state index is -0.0606. The van der Waals surface area contributed by atoms with Crippen LogP contribution in [0.5, 0.6) is 0 Å². The molecule has 16 heavy (non-hydrogen) atoms. The van der Waals surface area contributed by atoms with E-state index in [9.17, 15) is 0 Å². The number of hydrogen-bond acceptors (Lipinski definition) is 2. The zero-order valence-electron chi connectivity index (χ0n) is 9.37. The van der Waals surface area contributed by atoms with Gasteiger partial charge in [-0.05, 0) is 36.5 Å². The molecule has 0 aromatic heterocycles. The third-order valence-electron chi connectivity index (χ3n) is 2.92. The second kappa shape index (κ2) is 5.02. The van der Waals surface area contributed by atoms with Crippen molar-refractivity contribution in [1.82, 2.24) is 0 Å². The van der Waals surface area contributed by atoms with Crippen LogP contribution in [0.15, 0.2) is 34.5 Å². The van der Waals surface area contributed by atoms with Gasteiger partial charge in [0.1, 0.15) is 0 Å². The molecule has 1 aromatic rings. The van der Waals surface area contributed by atoms with Crippen molar-refractivity contribution < 1.29 is 4.74 Å². The molecule has 3 heteroatoms. The van der Waals surface area contributed by atoms with Gasteiger partial charge in [0.05, 0.1) is 18.9 Å². The average Bonchev–Trinajstić information content (AvgIpc) is 2.33. The topological polar surface area (TPSA) is 35.2 Å². The molecule has 86 valence electrons. The molecule has 2 N–H and O–H groups in total. The molecule has 0 radical (unpaired) electrons. The summed E-state index contributed by atoms with van der Waals surface area (Å²) in [7, 11) is 0. The molecule has 1 aromatic carbocycles. The van der Waals surface area contributed by atoms with Crippen molar-refractivity contribution in [3.8, 4) is 0 Å². The van der Waals surface area contributed by atoms with Gasteiger partial charge in [0.15, 0.2) is 0 Å². The Morgan fingerprint density at radius 1 is 1.44 bits per heavy atom. The van der Waals surface area contributed by atoms with E-state index >= 15 is 0 Å². The van der Waals surface area contributed by atoms with E-state index in [1.54, 1.807) is 0 Å². The molecule has 0 saturated carbocycles. The summed E-state index contributed by atoms with van der Waals surface area (Å²) in [6.45, 7) is 2.89. The van der Waals surface area contributed by atoms with Crippen LogP contribution in [0.4, 0.5) is 0 Å². The Balaban J connectivity index is 2.29. The highest BCUT2D eigenvalue weighted by atomic mass is 79.9. The molecule has 1 aliphatic heterocycles. The van der Waals surface area contributed by atoms with Crippen LogP contribution in [-0.4, -0.2) is 6.61 Å². The van der Waals surface area contributed by atoms with Crippen LogP contribution >= 0.6 is 15.9 Å². The van der Waals surface area contributed by atoms with Gasteiger partial charge in [0.25, 0.3) is 0 Å². The Labute approximate surface area is 105 Å². The van der Waals surface area contributed by atoms with Crippen LogP contribution in [0.2, 0.25) is 0 Å². The molecule has 0 spiro atoms. The Morgan fingerprint density at radius 3 is 2.94 bits per heavy atom. The summed E-state index contributed by atoms with van der Waals surface area (Å²) in [6, 6.07) is 6.12. The number of aryl methyl sites for hydroxylation is 1. The van der Waals surface area contributed by atoms with E-state index in [-0.39, 0.29) is 6.04 Å². The predicted octanol–water partition coefficient (Wildman–Crippen LogP) is 3.45. The lowest BCUT2D eigenvalue weighted by Gasteiger charge is -2.21. The third kappa shape index (κ3) is 2.30. The molecule has 2 rings (SSSR count). The van der Waals surface area contributed by atoms with Crippen LogP contribution in [-0.2, 0) is 4.74 Å². The van der Waals surface area contributed by atoms with Crippen LogP contribution in [0, 0.1) is 6.92 Å². The lowest BCUT2D eigenvalue weighted by molar-refractivity contribution is 0.221. The van der Waals surface area contributed by atoms with Gasteiger partial charge >= 0.3 is 0 Å². The van der Waals surface area contributed by atoms with Crippen molar-refractivity contribution >= 4 is 15.9 Å². The van der Waals surface area contributed by atoms with Crippen molar-refractivity contribution in [3.05, 3.63) is 45.6 Å². The van der Waals surface area contributed by atoms with E-state index in [0.717, 1.165) is 29.5 Å². The Kier molecular flexibility index (Phi) is 3.66. The van der Waals surface area contributed by atoms with Crippen LogP contribution in [0.3, 0.4) is 0 Å². The number of benzene rings is 1. The van der Waals surface area contributed by atoms with Crippen LogP contribution in [0.1, 0.15) is 30.0 Å². The number of nitrogens with two attached hydrogens (primary N) is 1. The van der Waals surface area contributed by atoms with E-state index < -0.39 is 0 Å². The minimum Gasteiger partial charge on any atom is -0.501 e. The highest BCUT2D eigenvalue weighted by molar-refractivity contribution is 9.10. The van der Waals surface area contributed by atoms with Crippen molar-refractivity contribution in [2.45, 2.75) is 25.8 Å². The maximum atomic E-state index is 6.26. The molecule has 2 nitrogen and oxygen atoms in total. The maximum absolute atomic E-state index is 6.26. The van der Waals surface area contributed by atoms with Gasteiger partial charge in [0.2, 0.25) is 0 Å².